The third-order valence-electron chi connectivity index (χ3n) is 3.61. The molecule has 2 aromatic carbocycles. The first-order valence-electron chi connectivity index (χ1n) is 8.17. The highest BCUT2D eigenvalue weighted by atomic mass is 35.5. The van der Waals surface area contributed by atoms with E-state index in [1.807, 2.05) is 11.9 Å². The van der Waals surface area contributed by atoms with E-state index >= 15 is 0 Å². The number of aromatic nitrogens is 3. The number of ether oxygens (including phenoxy) is 2. The lowest BCUT2D eigenvalue weighted by atomic mass is 10.3. The molecular formula is C18H13Cl2N3O6. The molecule has 0 aliphatic carbocycles. The van der Waals surface area contributed by atoms with Gasteiger partial charge in [0.15, 0.2) is 5.75 Å². The third kappa shape index (κ3) is 4.41. The number of carbonyl (C=O) groups is 1. The van der Waals surface area contributed by atoms with Crippen molar-refractivity contribution in [1.82, 2.24) is 14.8 Å². The van der Waals surface area contributed by atoms with Crippen LogP contribution in [0.15, 0.2) is 46.0 Å². The van der Waals surface area contributed by atoms with Crippen molar-refractivity contribution in [3.05, 3.63) is 73.0 Å². The van der Waals surface area contributed by atoms with E-state index in [4.69, 9.17) is 37.8 Å². The van der Waals surface area contributed by atoms with Crippen LogP contribution >= 0.6 is 23.2 Å². The van der Waals surface area contributed by atoms with Crippen LogP contribution in [0.2, 0.25) is 10.0 Å². The molecule has 1 heterocycles. The lowest BCUT2D eigenvalue weighted by Gasteiger charge is -2.12. The lowest BCUT2D eigenvalue weighted by Crippen LogP contribution is -2.35. The quantitative estimate of drug-likeness (QED) is 0.606. The van der Waals surface area contributed by atoms with Crippen LogP contribution in [0, 0.1) is 0 Å². The molecule has 1 aromatic heterocycles. The Hall–Kier alpha value is -3.30. The predicted molar refractivity (Wildman–Crippen MR) is 105 cm³/mol. The maximum absolute atomic E-state index is 12.0. The summed E-state index contributed by atoms with van der Waals surface area (Å²) in [5, 5.41) is 12.7. The Labute approximate surface area is 173 Å². The first-order chi connectivity index (χ1) is 13.8. The fourth-order valence-corrected chi connectivity index (χ4v) is 2.92. The molecule has 3 rings (SSSR count). The Balaban J connectivity index is 1.98. The van der Waals surface area contributed by atoms with Gasteiger partial charge in [-0.05, 0) is 43.3 Å². The lowest BCUT2D eigenvalue weighted by molar-refractivity contribution is 0.0685. The number of hydrogen-bond donors (Lipinski definition) is 2. The SMILES string of the molecule is CCOc1ccc(Oc2c(Cl)cc(-n3nc(C(=O)O)c(=O)[nH]c3=O)cc2Cl)cc1. The number of halogens is 2. The van der Waals surface area contributed by atoms with Gasteiger partial charge in [0.25, 0.3) is 5.56 Å². The predicted octanol–water partition coefficient (Wildman–Crippen LogP) is 3.12. The van der Waals surface area contributed by atoms with Crippen LogP contribution < -0.4 is 20.7 Å². The van der Waals surface area contributed by atoms with E-state index in [1.54, 1.807) is 24.3 Å². The molecule has 0 radical (unpaired) electrons. The van der Waals surface area contributed by atoms with E-state index in [1.165, 1.54) is 12.1 Å². The second-order valence-corrected chi connectivity index (χ2v) is 6.38. The zero-order chi connectivity index (χ0) is 21.1. The highest BCUT2D eigenvalue weighted by Gasteiger charge is 2.17. The number of carboxylic acids is 1. The molecule has 11 heteroatoms. The largest absolute Gasteiger partial charge is 0.494 e. The molecule has 150 valence electrons. The number of hydrogen-bond acceptors (Lipinski definition) is 6. The number of carboxylic acid groups (broad SMARTS) is 1. The molecule has 0 saturated heterocycles. The van der Waals surface area contributed by atoms with Gasteiger partial charge in [0.05, 0.1) is 22.3 Å². The minimum Gasteiger partial charge on any atom is -0.494 e. The Morgan fingerprint density at radius 3 is 2.28 bits per heavy atom. The standard InChI is InChI=1S/C18H13Cl2N3O6/c1-2-28-10-3-5-11(6-4-10)29-15-12(19)7-9(8-13(15)20)23-18(27)21-16(24)14(22-23)17(25)26/h3-8H,2H2,1H3,(H,25,26)(H,21,24,27). The van der Waals surface area contributed by atoms with Gasteiger partial charge in [-0.1, -0.05) is 23.2 Å². The van der Waals surface area contributed by atoms with Crippen LogP contribution in [0.25, 0.3) is 5.69 Å². The fraction of sp³-hybridized carbons (Fsp3) is 0.111. The molecule has 3 aromatic rings. The molecule has 0 atom stereocenters. The molecule has 0 saturated carbocycles. The van der Waals surface area contributed by atoms with Gasteiger partial charge in [-0.25, -0.2) is 9.59 Å². The van der Waals surface area contributed by atoms with E-state index in [0.717, 1.165) is 0 Å². The summed E-state index contributed by atoms with van der Waals surface area (Å²) in [6, 6.07) is 9.36. The molecule has 0 aliphatic rings. The van der Waals surface area contributed by atoms with Crippen LogP contribution in [0.5, 0.6) is 17.2 Å². The number of benzene rings is 2. The summed E-state index contributed by atoms with van der Waals surface area (Å²) >= 11 is 12.5. The molecule has 9 nitrogen and oxygen atoms in total. The second kappa shape index (κ2) is 8.38. The van der Waals surface area contributed by atoms with Crippen molar-refractivity contribution in [1.29, 1.82) is 0 Å². The summed E-state index contributed by atoms with van der Waals surface area (Å²) in [5.74, 6) is -0.354. The average Bonchev–Trinajstić information content (AvgIpc) is 2.66. The number of aromatic carboxylic acids is 1. The van der Waals surface area contributed by atoms with Gasteiger partial charge in [0.1, 0.15) is 11.5 Å². The first-order valence-corrected chi connectivity index (χ1v) is 8.92. The van der Waals surface area contributed by atoms with Crippen molar-refractivity contribution in [3.63, 3.8) is 0 Å². The zero-order valence-electron chi connectivity index (χ0n) is 14.8. The summed E-state index contributed by atoms with van der Waals surface area (Å²) in [7, 11) is 0. The summed E-state index contributed by atoms with van der Waals surface area (Å²) in [4.78, 5) is 36.5. The second-order valence-electron chi connectivity index (χ2n) is 5.57. The molecule has 0 unspecified atom stereocenters. The van der Waals surface area contributed by atoms with E-state index in [-0.39, 0.29) is 21.5 Å². The van der Waals surface area contributed by atoms with Gasteiger partial charge >= 0.3 is 11.7 Å². The van der Waals surface area contributed by atoms with Crippen molar-refractivity contribution < 1.29 is 19.4 Å². The van der Waals surface area contributed by atoms with Gasteiger partial charge in [0.2, 0.25) is 5.69 Å². The molecule has 0 aliphatic heterocycles. The van der Waals surface area contributed by atoms with Gasteiger partial charge < -0.3 is 14.6 Å². The molecule has 0 amide bonds. The Kier molecular flexibility index (Phi) is 5.90. The molecule has 0 spiro atoms. The number of nitrogens with one attached hydrogen (secondary N) is 1. The number of rotatable bonds is 6. The summed E-state index contributed by atoms with van der Waals surface area (Å²) in [5.41, 5.74) is -2.88. The summed E-state index contributed by atoms with van der Waals surface area (Å²) in [6.45, 7) is 2.40. The topological polar surface area (TPSA) is 124 Å². The molecular weight excluding hydrogens is 425 g/mol. The summed E-state index contributed by atoms with van der Waals surface area (Å²) in [6.07, 6.45) is 0. The zero-order valence-corrected chi connectivity index (χ0v) is 16.3. The van der Waals surface area contributed by atoms with E-state index in [0.29, 0.717) is 22.8 Å². The van der Waals surface area contributed by atoms with Crippen LogP contribution in [-0.4, -0.2) is 32.4 Å². The normalized spacial score (nSPS) is 10.6. The highest BCUT2D eigenvalue weighted by molar-refractivity contribution is 6.37. The van der Waals surface area contributed by atoms with Crippen molar-refractivity contribution in [2.75, 3.05) is 6.61 Å². The first kappa shape index (κ1) is 20.4. The molecule has 0 bridgehead atoms. The van der Waals surface area contributed by atoms with Gasteiger partial charge in [-0.3, -0.25) is 9.78 Å². The van der Waals surface area contributed by atoms with Crippen molar-refractivity contribution in [2.24, 2.45) is 0 Å². The van der Waals surface area contributed by atoms with Crippen LogP contribution in [0.1, 0.15) is 17.4 Å². The highest BCUT2D eigenvalue weighted by Crippen LogP contribution is 2.38. The monoisotopic (exact) mass is 437 g/mol. The van der Waals surface area contributed by atoms with E-state index < -0.39 is 22.9 Å². The van der Waals surface area contributed by atoms with Crippen molar-refractivity contribution >= 4 is 29.2 Å². The van der Waals surface area contributed by atoms with Gasteiger partial charge in [-0.15, -0.1) is 0 Å². The van der Waals surface area contributed by atoms with Crippen molar-refractivity contribution in [3.8, 4) is 22.9 Å². The Morgan fingerprint density at radius 1 is 1.14 bits per heavy atom. The van der Waals surface area contributed by atoms with Crippen LogP contribution in [-0.2, 0) is 0 Å². The van der Waals surface area contributed by atoms with Crippen molar-refractivity contribution in [2.45, 2.75) is 6.92 Å². The minimum absolute atomic E-state index is 0.0400. The van der Waals surface area contributed by atoms with Crippen LogP contribution in [0.4, 0.5) is 0 Å². The maximum Gasteiger partial charge on any atom is 0.362 e. The maximum atomic E-state index is 12.0. The fourth-order valence-electron chi connectivity index (χ4n) is 2.37. The molecule has 2 N–H and O–H groups in total. The number of H-pyrrole nitrogens is 1. The third-order valence-corrected chi connectivity index (χ3v) is 4.17. The Morgan fingerprint density at radius 2 is 1.72 bits per heavy atom. The van der Waals surface area contributed by atoms with E-state index in [9.17, 15) is 14.4 Å². The number of aromatic amines is 1. The molecule has 29 heavy (non-hydrogen) atoms. The smallest absolute Gasteiger partial charge is 0.362 e. The Bertz CT molecular complexity index is 1160. The number of nitrogens with zero attached hydrogens (tertiary/aromatic N) is 2. The molecule has 0 fully saturated rings. The summed E-state index contributed by atoms with van der Waals surface area (Å²) < 4.78 is 11.7. The van der Waals surface area contributed by atoms with E-state index in [2.05, 4.69) is 5.10 Å². The average molecular weight is 438 g/mol. The van der Waals surface area contributed by atoms with Crippen LogP contribution in [0.3, 0.4) is 0 Å². The van der Waals surface area contributed by atoms with Gasteiger partial charge in [0, 0.05) is 0 Å². The van der Waals surface area contributed by atoms with Gasteiger partial charge in [-0.2, -0.15) is 9.78 Å². The minimum atomic E-state index is -1.59.